The highest BCUT2D eigenvalue weighted by molar-refractivity contribution is 9.10. The number of hydrogen-bond acceptors (Lipinski definition) is 1. The molecule has 0 aromatic heterocycles. The first-order valence-corrected chi connectivity index (χ1v) is 6.53. The van der Waals surface area contributed by atoms with Crippen molar-refractivity contribution in [1.29, 1.82) is 0 Å². The molecule has 20 heavy (non-hydrogen) atoms. The molecule has 1 atom stereocenters. The van der Waals surface area contributed by atoms with E-state index >= 15 is 0 Å². The minimum atomic E-state index is -1.56. The molecular weight excluding hydrogens is 338 g/mol. The van der Waals surface area contributed by atoms with Gasteiger partial charge in [0.15, 0.2) is 17.5 Å². The molecule has 0 fully saturated rings. The molecular formula is C14H10BrF4N. The third-order valence-corrected chi connectivity index (χ3v) is 3.82. The summed E-state index contributed by atoms with van der Waals surface area (Å²) in [7, 11) is 0. The molecule has 0 saturated carbocycles. The van der Waals surface area contributed by atoms with Gasteiger partial charge in [-0.3, -0.25) is 0 Å². The van der Waals surface area contributed by atoms with Crippen LogP contribution in [-0.2, 0) is 6.42 Å². The van der Waals surface area contributed by atoms with Crippen molar-refractivity contribution in [2.75, 3.05) is 0 Å². The zero-order chi connectivity index (χ0) is 14.9. The second-order valence-electron chi connectivity index (χ2n) is 4.29. The highest BCUT2D eigenvalue weighted by Gasteiger charge is 2.19. The van der Waals surface area contributed by atoms with Crippen molar-refractivity contribution >= 4 is 15.9 Å². The van der Waals surface area contributed by atoms with Crippen molar-refractivity contribution in [3.63, 3.8) is 0 Å². The molecule has 106 valence electrons. The van der Waals surface area contributed by atoms with Crippen molar-refractivity contribution in [2.45, 2.75) is 12.5 Å². The lowest BCUT2D eigenvalue weighted by Gasteiger charge is -2.15. The van der Waals surface area contributed by atoms with Gasteiger partial charge in [0.25, 0.3) is 0 Å². The lowest BCUT2D eigenvalue weighted by Crippen LogP contribution is -2.16. The number of rotatable bonds is 3. The summed E-state index contributed by atoms with van der Waals surface area (Å²) in [4.78, 5) is 0. The summed E-state index contributed by atoms with van der Waals surface area (Å²) in [5.41, 5.74) is 6.16. The largest absolute Gasteiger partial charge is 0.324 e. The Balaban J connectivity index is 2.31. The maximum absolute atomic E-state index is 13.6. The van der Waals surface area contributed by atoms with Gasteiger partial charge in [0.05, 0.1) is 4.47 Å². The van der Waals surface area contributed by atoms with Crippen molar-refractivity contribution in [2.24, 2.45) is 5.73 Å². The van der Waals surface area contributed by atoms with Crippen LogP contribution in [0.4, 0.5) is 17.6 Å². The van der Waals surface area contributed by atoms with E-state index in [-0.39, 0.29) is 16.5 Å². The highest BCUT2D eigenvalue weighted by Crippen LogP contribution is 2.27. The molecule has 2 aromatic rings. The van der Waals surface area contributed by atoms with Crippen LogP contribution in [-0.4, -0.2) is 0 Å². The Morgan fingerprint density at radius 1 is 0.950 bits per heavy atom. The van der Waals surface area contributed by atoms with E-state index in [0.29, 0.717) is 5.56 Å². The number of nitrogens with two attached hydrogens (primary N) is 1. The SMILES string of the molecule is NC(Cc1cccc(F)c1Br)c1ccc(F)c(F)c1F. The third-order valence-electron chi connectivity index (χ3n) is 2.94. The fourth-order valence-electron chi connectivity index (χ4n) is 1.88. The Bertz CT molecular complexity index is 645. The van der Waals surface area contributed by atoms with Gasteiger partial charge in [-0.05, 0) is 40.0 Å². The molecule has 0 aliphatic carbocycles. The molecule has 6 heteroatoms. The van der Waals surface area contributed by atoms with Crippen LogP contribution < -0.4 is 5.73 Å². The molecule has 0 bridgehead atoms. The lowest BCUT2D eigenvalue weighted by molar-refractivity contribution is 0.435. The van der Waals surface area contributed by atoms with Crippen LogP contribution in [0.2, 0.25) is 0 Å². The fraction of sp³-hybridized carbons (Fsp3) is 0.143. The van der Waals surface area contributed by atoms with Crippen molar-refractivity contribution < 1.29 is 17.6 Å². The molecule has 0 amide bonds. The van der Waals surface area contributed by atoms with Gasteiger partial charge in [0, 0.05) is 11.6 Å². The number of hydrogen-bond donors (Lipinski definition) is 1. The first kappa shape index (κ1) is 15.0. The first-order valence-electron chi connectivity index (χ1n) is 5.73. The first-order chi connectivity index (χ1) is 9.41. The summed E-state index contributed by atoms with van der Waals surface area (Å²) in [6.45, 7) is 0. The molecule has 0 aliphatic rings. The molecule has 2 rings (SSSR count). The summed E-state index contributed by atoms with van der Waals surface area (Å²) in [6, 6.07) is 5.36. The molecule has 2 aromatic carbocycles. The lowest BCUT2D eigenvalue weighted by atomic mass is 9.99. The monoisotopic (exact) mass is 347 g/mol. The maximum Gasteiger partial charge on any atom is 0.194 e. The van der Waals surface area contributed by atoms with Gasteiger partial charge >= 0.3 is 0 Å². The van der Waals surface area contributed by atoms with E-state index in [1.54, 1.807) is 6.07 Å². The van der Waals surface area contributed by atoms with Gasteiger partial charge in [0.1, 0.15) is 5.82 Å². The fourth-order valence-corrected chi connectivity index (χ4v) is 2.31. The average molecular weight is 348 g/mol. The van der Waals surface area contributed by atoms with Crippen LogP contribution in [0.3, 0.4) is 0 Å². The zero-order valence-corrected chi connectivity index (χ0v) is 11.7. The quantitative estimate of drug-likeness (QED) is 0.651. The highest BCUT2D eigenvalue weighted by atomic mass is 79.9. The van der Waals surface area contributed by atoms with Crippen LogP contribution in [0, 0.1) is 23.3 Å². The predicted molar refractivity (Wildman–Crippen MR) is 71.0 cm³/mol. The Hall–Kier alpha value is -1.40. The third kappa shape index (κ3) is 2.86. The second kappa shape index (κ2) is 5.93. The Labute approximate surface area is 121 Å². The van der Waals surface area contributed by atoms with E-state index in [2.05, 4.69) is 15.9 Å². The summed E-state index contributed by atoms with van der Waals surface area (Å²) in [5, 5.41) is 0. The van der Waals surface area contributed by atoms with Crippen LogP contribution in [0.1, 0.15) is 17.2 Å². The van der Waals surface area contributed by atoms with E-state index < -0.39 is 29.3 Å². The van der Waals surface area contributed by atoms with Gasteiger partial charge in [0.2, 0.25) is 0 Å². The Kier molecular flexibility index (Phi) is 4.45. The predicted octanol–water partition coefficient (Wildman–Crippen LogP) is 4.25. The van der Waals surface area contributed by atoms with Crippen molar-refractivity contribution in [1.82, 2.24) is 0 Å². The summed E-state index contributed by atoms with van der Waals surface area (Å²) >= 11 is 3.07. The van der Waals surface area contributed by atoms with Crippen LogP contribution in [0.5, 0.6) is 0 Å². The van der Waals surface area contributed by atoms with E-state index in [9.17, 15) is 17.6 Å². The van der Waals surface area contributed by atoms with Crippen LogP contribution >= 0.6 is 15.9 Å². The molecule has 0 saturated heterocycles. The van der Waals surface area contributed by atoms with Gasteiger partial charge in [-0.25, -0.2) is 17.6 Å². The minimum absolute atomic E-state index is 0.0837. The normalized spacial score (nSPS) is 12.5. The average Bonchev–Trinajstić information content (AvgIpc) is 2.41. The molecule has 1 unspecified atom stereocenters. The van der Waals surface area contributed by atoms with E-state index in [1.807, 2.05) is 0 Å². The van der Waals surface area contributed by atoms with E-state index in [4.69, 9.17) is 5.73 Å². The molecule has 1 nitrogen and oxygen atoms in total. The number of benzene rings is 2. The standard InChI is InChI=1S/C14H10BrF4N/c15-12-7(2-1-3-9(12)16)6-11(20)8-4-5-10(17)14(19)13(8)18/h1-5,11H,6,20H2. The second-order valence-corrected chi connectivity index (χ2v) is 5.08. The van der Waals surface area contributed by atoms with Crippen molar-refractivity contribution in [3.05, 3.63) is 69.2 Å². The van der Waals surface area contributed by atoms with E-state index in [0.717, 1.165) is 12.1 Å². The zero-order valence-electron chi connectivity index (χ0n) is 10.1. The summed E-state index contributed by atoms with van der Waals surface area (Å²) in [6.07, 6.45) is 0.0837. The van der Waals surface area contributed by atoms with Gasteiger partial charge in [-0.1, -0.05) is 18.2 Å². The molecule has 0 spiro atoms. The van der Waals surface area contributed by atoms with Gasteiger partial charge < -0.3 is 5.73 Å². The van der Waals surface area contributed by atoms with Crippen LogP contribution in [0.25, 0.3) is 0 Å². The van der Waals surface area contributed by atoms with Crippen molar-refractivity contribution in [3.8, 4) is 0 Å². The molecule has 0 heterocycles. The Morgan fingerprint density at radius 2 is 1.65 bits per heavy atom. The Morgan fingerprint density at radius 3 is 2.35 bits per heavy atom. The van der Waals surface area contributed by atoms with Crippen LogP contribution in [0.15, 0.2) is 34.8 Å². The topological polar surface area (TPSA) is 26.0 Å². The van der Waals surface area contributed by atoms with Gasteiger partial charge in [-0.2, -0.15) is 0 Å². The van der Waals surface area contributed by atoms with E-state index in [1.165, 1.54) is 12.1 Å². The summed E-state index contributed by atoms with van der Waals surface area (Å²) < 4.78 is 53.2. The minimum Gasteiger partial charge on any atom is -0.324 e. The number of halogens is 5. The maximum atomic E-state index is 13.6. The molecule has 0 aliphatic heterocycles. The molecule has 2 N–H and O–H groups in total. The molecule has 0 radical (unpaired) electrons. The smallest absolute Gasteiger partial charge is 0.194 e. The summed E-state index contributed by atoms with van der Waals surface area (Å²) in [5.74, 6) is -4.62. The van der Waals surface area contributed by atoms with Gasteiger partial charge in [-0.15, -0.1) is 0 Å².